The molecule has 1 amide bonds. The molecule has 1 fully saturated rings. The summed E-state index contributed by atoms with van der Waals surface area (Å²) in [4.78, 5) is 23.1. The van der Waals surface area contributed by atoms with Gasteiger partial charge in [-0.25, -0.2) is 17.7 Å². The monoisotopic (exact) mass is 586 g/mol. The lowest BCUT2D eigenvalue weighted by molar-refractivity contribution is 0.0761. The lowest BCUT2D eigenvalue weighted by Crippen LogP contribution is -2.31. The smallest absolute Gasteiger partial charge is 0.253 e. The molecule has 1 saturated heterocycles. The second-order valence-electron chi connectivity index (χ2n) is 10.8. The Kier molecular flexibility index (Phi) is 9.09. The molecule has 1 aliphatic heterocycles. The Hall–Kier alpha value is -3.95. The summed E-state index contributed by atoms with van der Waals surface area (Å²) < 4.78 is 28.1. The topological polar surface area (TPSA) is 106 Å². The van der Waals surface area contributed by atoms with Gasteiger partial charge < -0.3 is 15.0 Å². The highest BCUT2D eigenvalue weighted by atomic mass is 32.2. The first-order valence-electron chi connectivity index (χ1n) is 14.6. The van der Waals surface area contributed by atoms with Gasteiger partial charge in [-0.15, -0.1) is 0 Å². The van der Waals surface area contributed by atoms with Crippen LogP contribution in [0.25, 0.3) is 10.9 Å². The van der Waals surface area contributed by atoms with E-state index < -0.39 is 10.0 Å². The third-order valence-electron chi connectivity index (χ3n) is 7.82. The number of fused-ring (bicyclic) bond motifs is 1. The van der Waals surface area contributed by atoms with Crippen LogP contribution in [0.1, 0.15) is 66.9 Å². The maximum atomic E-state index is 13.3. The van der Waals surface area contributed by atoms with Crippen LogP contribution in [0.3, 0.4) is 0 Å². The zero-order valence-electron chi connectivity index (χ0n) is 24.2. The Balaban J connectivity index is 1.56. The second-order valence-corrected chi connectivity index (χ2v) is 12.9. The van der Waals surface area contributed by atoms with E-state index >= 15 is 0 Å². The van der Waals surface area contributed by atoms with Crippen molar-refractivity contribution >= 4 is 38.2 Å². The van der Waals surface area contributed by atoms with E-state index in [-0.39, 0.29) is 16.7 Å². The normalized spacial score (nSPS) is 14.8. The molecule has 1 aromatic heterocycles. The molecule has 0 atom stereocenters. The SMILES string of the molecule is CCCCN(C)S(=O)(=O)c1ccc2[nH]c(O)c(C(=Nc3ccc(C(=O)N4CCCCCC4)cc3)c3ccccc3)c2c1. The van der Waals surface area contributed by atoms with Crippen LogP contribution in [0.2, 0.25) is 0 Å². The molecule has 8 nitrogen and oxygen atoms in total. The summed E-state index contributed by atoms with van der Waals surface area (Å²) in [7, 11) is -2.14. The number of likely N-dealkylation sites (tertiary alicyclic amines) is 1. The summed E-state index contributed by atoms with van der Waals surface area (Å²) in [6, 6.07) is 21.5. The Labute approximate surface area is 247 Å². The minimum Gasteiger partial charge on any atom is -0.494 e. The number of hydrogen-bond donors (Lipinski definition) is 2. The standard InChI is InChI=1S/C33H38N4O4S/c1-3-4-20-36(2)42(40,41)27-18-19-29-28(23-27)30(32(38)35-29)31(24-12-8-7-9-13-24)34-26-16-14-25(15-17-26)33(39)37-21-10-5-6-11-22-37/h7-9,12-19,23,35,38H,3-6,10-11,20-22H2,1-2H3. The first-order valence-corrected chi connectivity index (χ1v) is 16.1. The Morgan fingerprint density at radius 1 is 0.952 bits per heavy atom. The molecule has 4 aromatic rings. The minimum absolute atomic E-state index is 0.0302. The van der Waals surface area contributed by atoms with E-state index in [4.69, 9.17) is 4.99 Å². The van der Waals surface area contributed by atoms with E-state index in [0.717, 1.165) is 57.2 Å². The van der Waals surface area contributed by atoms with Crippen molar-refractivity contribution in [1.29, 1.82) is 0 Å². The van der Waals surface area contributed by atoms with Gasteiger partial charge in [0, 0.05) is 48.7 Å². The van der Waals surface area contributed by atoms with Gasteiger partial charge >= 0.3 is 0 Å². The lowest BCUT2D eigenvalue weighted by atomic mass is 10.0. The number of carbonyl (C=O) groups excluding carboxylic acids is 1. The van der Waals surface area contributed by atoms with E-state index in [1.807, 2.05) is 42.2 Å². The van der Waals surface area contributed by atoms with Crippen molar-refractivity contribution < 1.29 is 18.3 Å². The molecule has 220 valence electrons. The molecule has 0 spiro atoms. The highest BCUT2D eigenvalue weighted by Crippen LogP contribution is 2.33. The van der Waals surface area contributed by atoms with Gasteiger partial charge in [0.05, 0.1) is 21.9 Å². The Bertz CT molecular complexity index is 1670. The zero-order valence-corrected chi connectivity index (χ0v) is 25.0. The third kappa shape index (κ3) is 6.27. The molecule has 2 N–H and O–H groups in total. The van der Waals surface area contributed by atoms with Crippen LogP contribution in [0.4, 0.5) is 5.69 Å². The van der Waals surface area contributed by atoms with Crippen LogP contribution < -0.4 is 0 Å². The van der Waals surface area contributed by atoms with E-state index in [1.54, 1.807) is 49.5 Å². The molecule has 9 heteroatoms. The number of rotatable bonds is 9. The molecule has 2 heterocycles. The van der Waals surface area contributed by atoms with Gasteiger partial charge in [-0.2, -0.15) is 0 Å². The quantitative estimate of drug-likeness (QED) is 0.219. The van der Waals surface area contributed by atoms with E-state index in [2.05, 4.69) is 4.98 Å². The van der Waals surface area contributed by atoms with Gasteiger partial charge in [-0.3, -0.25) is 4.79 Å². The fraction of sp³-hybridized carbons (Fsp3) is 0.333. The number of amides is 1. The number of sulfonamides is 1. The first kappa shape index (κ1) is 29.5. The van der Waals surface area contributed by atoms with Gasteiger partial charge in [0.2, 0.25) is 10.0 Å². The van der Waals surface area contributed by atoms with Crippen molar-refractivity contribution in [3.63, 3.8) is 0 Å². The summed E-state index contributed by atoms with van der Waals surface area (Å²) in [6.45, 7) is 4.01. The van der Waals surface area contributed by atoms with Crippen LogP contribution >= 0.6 is 0 Å². The maximum absolute atomic E-state index is 13.3. The van der Waals surface area contributed by atoms with Crippen molar-refractivity contribution in [1.82, 2.24) is 14.2 Å². The molecular formula is C33H38N4O4S. The van der Waals surface area contributed by atoms with Gasteiger partial charge in [0.1, 0.15) is 0 Å². The van der Waals surface area contributed by atoms with Crippen LogP contribution in [0.5, 0.6) is 5.88 Å². The summed E-state index contributed by atoms with van der Waals surface area (Å²) in [5, 5.41) is 11.6. The average molecular weight is 587 g/mol. The second kappa shape index (κ2) is 12.9. The minimum atomic E-state index is -3.72. The summed E-state index contributed by atoms with van der Waals surface area (Å²) in [6.07, 6.45) is 6.02. The van der Waals surface area contributed by atoms with Gasteiger partial charge in [0.15, 0.2) is 5.88 Å². The van der Waals surface area contributed by atoms with Gasteiger partial charge in [-0.05, 0) is 61.7 Å². The predicted octanol–water partition coefficient (Wildman–Crippen LogP) is 6.48. The number of unbranched alkanes of at least 4 members (excludes halogenated alkanes) is 1. The van der Waals surface area contributed by atoms with Crippen LogP contribution in [0, 0.1) is 0 Å². The Morgan fingerprint density at radius 3 is 2.31 bits per heavy atom. The van der Waals surface area contributed by atoms with Crippen molar-refractivity contribution in [2.24, 2.45) is 4.99 Å². The van der Waals surface area contributed by atoms with Crippen LogP contribution in [-0.4, -0.2) is 66.0 Å². The largest absolute Gasteiger partial charge is 0.494 e. The number of nitrogens with zero attached hydrogens (tertiary/aromatic N) is 3. The fourth-order valence-corrected chi connectivity index (χ4v) is 6.60. The molecule has 1 aliphatic rings. The molecular weight excluding hydrogens is 548 g/mol. The third-order valence-corrected chi connectivity index (χ3v) is 9.67. The number of H-pyrrole nitrogens is 1. The summed E-state index contributed by atoms with van der Waals surface area (Å²) >= 11 is 0. The van der Waals surface area contributed by atoms with E-state index in [9.17, 15) is 18.3 Å². The van der Waals surface area contributed by atoms with Crippen LogP contribution in [-0.2, 0) is 10.0 Å². The first-order chi connectivity index (χ1) is 20.3. The van der Waals surface area contributed by atoms with Crippen molar-refractivity contribution in [3.05, 3.63) is 89.5 Å². The number of nitrogens with one attached hydrogen (secondary N) is 1. The number of hydrogen-bond acceptors (Lipinski definition) is 5. The van der Waals surface area contributed by atoms with Gasteiger partial charge in [0.25, 0.3) is 5.91 Å². The molecule has 0 radical (unpaired) electrons. The van der Waals surface area contributed by atoms with Crippen molar-refractivity contribution in [3.8, 4) is 5.88 Å². The Morgan fingerprint density at radius 2 is 1.64 bits per heavy atom. The molecule has 42 heavy (non-hydrogen) atoms. The number of aromatic nitrogens is 1. The number of aromatic hydroxyl groups is 1. The molecule has 0 saturated carbocycles. The van der Waals surface area contributed by atoms with Crippen molar-refractivity contribution in [2.45, 2.75) is 50.3 Å². The number of benzene rings is 3. The summed E-state index contributed by atoms with van der Waals surface area (Å²) in [5.41, 5.74) is 3.48. The lowest BCUT2D eigenvalue weighted by Gasteiger charge is -2.20. The molecule has 5 rings (SSSR count). The highest BCUT2D eigenvalue weighted by molar-refractivity contribution is 7.89. The van der Waals surface area contributed by atoms with E-state index in [1.165, 1.54) is 4.31 Å². The highest BCUT2D eigenvalue weighted by Gasteiger charge is 2.24. The number of aromatic amines is 1. The maximum Gasteiger partial charge on any atom is 0.253 e. The van der Waals surface area contributed by atoms with Crippen molar-refractivity contribution in [2.75, 3.05) is 26.7 Å². The average Bonchev–Trinajstić information content (AvgIpc) is 3.15. The van der Waals surface area contributed by atoms with Gasteiger partial charge in [-0.1, -0.05) is 56.5 Å². The summed E-state index contributed by atoms with van der Waals surface area (Å²) in [5.74, 6) is -0.0721. The predicted molar refractivity (Wildman–Crippen MR) is 167 cm³/mol. The molecule has 3 aromatic carbocycles. The molecule has 0 unspecified atom stereocenters. The number of carbonyl (C=O) groups is 1. The zero-order chi connectivity index (χ0) is 29.7. The molecule has 0 aliphatic carbocycles. The van der Waals surface area contributed by atoms with E-state index in [0.29, 0.717) is 40.0 Å². The van der Waals surface area contributed by atoms with Crippen LogP contribution in [0.15, 0.2) is 82.7 Å². The number of aliphatic imine (C=N–C) groups is 1. The molecule has 0 bridgehead atoms. The fourth-order valence-electron chi connectivity index (χ4n) is 5.36.